The van der Waals surface area contributed by atoms with E-state index in [-0.39, 0.29) is 17.3 Å². The number of carbonyl (C=O) groups is 4. The summed E-state index contributed by atoms with van der Waals surface area (Å²) in [5.74, 6) is -3.11. The van der Waals surface area contributed by atoms with Crippen molar-refractivity contribution in [3.63, 3.8) is 0 Å². The summed E-state index contributed by atoms with van der Waals surface area (Å²) in [4.78, 5) is 53.8. The number of carbonyl (C=O) groups excluding carboxylic acids is 4. The molecular formula is C26H25ClN2O4. The van der Waals surface area contributed by atoms with Gasteiger partial charge in [-0.3, -0.25) is 19.2 Å². The smallest absolute Gasteiger partial charge is 0.273 e. The van der Waals surface area contributed by atoms with Gasteiger partial charge in [0.05, 0.1) is 11.8 Å². The number of allylic oxidation sites excluding steroid dienone is 2. The van der Waals surface area contributed by atoms with Gasteiger partial charge in [0.1, 0.15) is 6.04 Å². The highest BCUT2D eigenvalue weighted by Crippen LogP contribution is 2.40. The van der Waals surface area contributed by atoms with E-state index in [1.165, 1.54) is 12.1 Å². The minimum Gasteiger partial charge on any atom is -0.292 e. The highest BCUT2D eigenvalue weighted by atomic mass is 35.5. The van der Waals surface area contributed by atoms with Gasteiger partial charge < -0.3 is 0 Å². The van der Waals surface area contributed by atoms with Crippen molar-refractivity contribution in [3.8, 4) is 0 Å². The molecule has 0 bridgehead atoms. The van der Waals surface area contributed by atoms with Crippen molar-refractivity contribution in [1.82, 2.24) is 10.0 Å². The molecule has 2 aromatic carbocycles. The van der Waals surface area contributed by atoms with Crippen LogP contribution in [-0.2, 0) is 9.59 Å². The number of halogens is 1. The Balaban J connectivity index is 1.76. The molecular weight excluding hydrogens is 440 g/mol. The maximum Gasteiger partial charge on any atom is 0.273 e. The van der Waals surface area contributed by atoms with Gasteiger partial charge in [-0.1, -0.05) is 60.5 Å². The zero-order valence-corrected chi connectivity index (χ0v) is 19.5. The Kier molecular flexibility index (Phi) is 6.21. The molecule has 0 radical (unpaired) electrons. The number of Topliss-reactive ketones (excluding diaryl/α,β-unsaturated/α-hetero) is 1. The Morgan fingerprint density at radius 3 is 2.21 bits per heavy atom. The molecule has 0 saturated carbocycles. The Bertz CT molecular complexity index is 1140. The molecule has 3 amide bonds. The summed E-state index contributed by atoms with van der Waals surface area (Å²) in [5, 5.41) is 2.38. The summed E-state index contributed by atoms with van der Waals surface area (Å²) < 4.78 is 0. The van der Waals surface area contributed by atoms with Crippen molar-refractivity contribution in [2.24, 2.45) is 17.8 Å². The SMILES string of the molecule is Cc1ccc(C(=O)[C@H](C)N(C(=O)c2ccc(Cl)cc2)N2C(=O)[C@H]3[C@@H](C)C=CC[C@H]3C2=O)cc1. The van der Waals surface area contributed by atoms with Crippen molar-refractivity contribution in [1.29, 1.82) is 0 Å². The number of rotatable bonds is 5. The van der Waals surface area contributed by atoms with E-state index in [1.807, 2.05) is 26.0 Å². The number of hydrazine groups is 1. The average molecular weight is 465 g/mol. The lowest BCUT2D eigenvalue weighted by atomic mass is 9.78. The van der Waals surface area contributed by atoms with Gasteiger partial charge in [0.25, 0.3) is 17.7 Å². The summed E-state index contributed by atoms with van der Waals surface area (Å²) in [6.45, 7) is 5.33. The van der Waals surface area contributed by atoms with Crippen molar-refractivity contribution >= 4 is 35.1 Å². The first kappa shape index (κ1) is 22.9. The fourth-order valence-corrected chi connectivity index (χ4v) is 4.70. The highest BCUT2D eigenvalue weighted by Gasteiger charge is 2.54. The van der Waals surface area contributed by atoms with Gasteiger partial charge in [0.2, 0.25) is 0 Å². The van der Waals surface area contributed by atoms with Gasteiger partial charge in [-0.05, 0) is 50.5 Å². The minimum atomic E-state index is -1.08. The van der Waals surface area contributed by atoms with Crippen LogP contribution in [-0.4, -0.2) is 39.6 Å². The largest absolute Gasteiger partial charge is 0.292 e. The van der Waals surface area contributed by atoms with Crippen molar-refractivity contribution in [2.75, 3.05) is 0 Å². The standard InChI is InChI=1S/C26H25ClN2O4/c1-15-7-9-18(10-8-15)23(30)17(3)28(24(31)19-11-13-20(27)14-12-19)29-25(32)21-6-4-5-16(2)22(21)26(29)33/h4-5,7-14,16-17,21-22H,6H2,1-3H3/t16-,17-,21+,22-/m0/s1. The van der Waals surface area contributed by atoms with Crippen molar-refractivity contribution < 1.29 is 19.2 Å². The maximum atomic E-state index is 13.6. The Labute approximate surface area is 197 Å². The normalized spacial score (nSPS) is 22.8. The molecule has 6 nitrogen and oxygen atoms in total. The van der Waals surface area contributed by atoms with Gasteiger partial charge in [0, 0.05) is 16.1 Å². The van der Waals surface area contributed by atoms with Crippen LogP contribution in [0.4, 0.5) is 0 Å². The van der Waals surface area contributed by atoms with Crippen LogP contribution < -0.4 is 0 Å². The molecule has 0 spiro atoms. The molecule has 1 aliphatic heterocycles. The van der Waals surface area contributed by atoms with Crippen LogP contribution in [0.5, 0.6) is 0 Å². The number of hydrogen-bond donors (Lipinski definition) is 0. The molecule has 1 fully saturated rings. The number of hydrogen-bond acceptors (Lipinski definition) is 4. The summed E-state index contributed by atoms with van der Waals surface area (Å²) in [7, 11) is 0. The zero-order chi connectivity index (χ0) is 23.9. The highest BCUT2D eigenvalue weighted by molar-refractivity contribution is 6.30. The molecule has 170 valence electrons. The van der Waals surface area contributed by atoms with E-state index in [4.69, 9.17) is 11.6 Å². The summed E-state index contributed by atoms with van der Waals surface area (Å²) >= 11 is 5.97. The molecule has 0 N–H and O–H groups in total. The van der Waals surface area contributed by atoms with Crippen LogP contribution in [0.15, 0.2) is 60.7 Å². The molecule has 7 heteroatoms. The number of benzene rings is 2. The van der Waals surface area contributed by atoms with E-state index in [2.05, 4.69) is 0 Å². The van der Waals surface area contributed by atoms with E-state index in [9.17, 15) is 19.2 Å². The van der Waals surface area contributed by atoms with Gasteiger partial charge in [-0.15, -0.1) is 0 Å². The molecule has 1 aliphatic carbocycles. The van der Waals surface area contributed by atoms with Crippen LogP contribution in [0.1, 0.15) is 46.5 Å². The summed E-state index contributed by atoms with van der Waals surface area (Å²) in [5.41, 5.74) is 1.61. The fraction of sp³-hybridized carbons (Fsp3) is 0.308. The Morgan fingerprint density at radius 1 is 1.00 bits per heavy atom. The number of fused-ring (bicyclic) bond motifs is 1. The first-order valence-electron chi connectivity index (χ1n) is 10.9. The molecule has 33 heavy (non-hydrogen) atoms. The third-order valence-corrected chi connectivity index (χ3v) is 6.70. The second-order valence-corrected chi connectivity index (χ2v) is 9.14. The average Bonchev–Trinajstić information content (AvgIpc) is 3.05. The second kappa shape index (κ2) is 8.94. The number of nitrogens with zero attached hydrogens (tertiary/aromatic N) is 2. The van der Waals surface area contributed by atoms with E-state index in [0.717, 1.165) is 15.6 Å². The predicted molar refractivity (Wildman–Crippen MR) is 124 cm³/mol. The fourth-order valence-electron chi connectivity index (χ4n) is 4.58. The first-order chi connectivity index (χ1) is 15.7. The monoisotopic (exact) mass is 464 g/mol. The quantitative estimate of drug-likeness (QED) is 0.371. The molecule has 1 heterocycles. The van der Waals surface area contributed by atoms with E-state index >= 15 is 0 Å². The van der Waals surface area contributed by atoms with Crippen LogP contribution in [0.2, 0.25) is 5.02 Å². The molecule has 1 saturated heterocycles. The minimum absolute atomic E-state index is 0.138. The van der Waals surface area contributed by atoms with E-state index in [0.29, 0.717) is 17.0 Å². The van der Waals surface area contributed by atoms with Gasteiger partial charge in [-0.2, -0.15) is 5.01 Å². The Morgan fingerprint density at radius 2 is 1.61 bits per heavy atom. The molecule has 4 atom stereocenters. The first-order valence-corrected chi connectivity index (χ1v) is 11.3. The van der Waals surface area contributed by atoms with Gasteiger partial charge >= 0.3 is 0 Å². The molecule has 4 rings (SSSR count). The number of aryl methyl sites for hydroxylation is 1. The Hall–Kier alpha value is -3.25. The topological polar surface area (TPSA) is 74.8 Å². The molecule has 2 aromatic rings. The van der Waals surface area contributed by atoms with Crippen LogP contribution in [0.25, 0.3) is 0 Å². The lowest BCUT2D eigenvalue weighted by Gasteiger charge is -2.34. The maximum absolute atomic E-state index is 13.6. The number of amides is 3. The van der Waals surface area contributed by atoms with Crippen LogP contribution in [0, 0.1) is 24.7 Å². The summed E-state index contributed by atoms with van der Waals surface area (Å²) in [6, 6.07) is 12.0. The third kappa shape index (κ3) is 4.11. The van der Waals surface area contributed by atoms with Crippen molar-refractivity contribution in [3.05, 3.63) is 82.4 Å². The van der Waals surface area contributed by atoms with Crippen molar-refractivity contribution in [2.45, 2.75) is 33.2 Å². The second-order valence-electron chi connectivity index (χ2n) is 8.71. The van der Waals surface area contributed by atoms with Gasteiger partial charge in [0.15, 0.2) is 5.78 Å². The van der Waals surface area contributed by atoms with Gasteiger partial charge in [-0.25, -0.2) is 5.01 Å². The predicted octanol–water partition coefficient (Wildman–Crippen LogP) is 4.47. The van der Waals surface area contributed by atoms with Crippen LogP contribution >= 0.6 is 11.6 Å². The third-order valence-electron chi connectivity index (χ3n) is 6.45. The number of imide groups is 1. The lowest BCUT2D eigenvalue weighted by molar-refractivity contribution is -0.156. The molecule has 2 aliphatic rings. The number of ketones is 1. The van der Waals surface area contributed by atoms with Crippen LogP contribution in [0.3, 0.4) is 0 Å². The van der Waals surface area contributed by atoms with E-state index in [1.54, 1.807) is 43.3 Å². The molecule has 0 aromatic heterocycles. The lowest BCUT2D eigenvalue weighted by Crippen LogP contribution is -2.56. The van der Waals surface area contributed by atoms with E-state index < -0.39 is 35.6 Å². The zero-order valence-electron chi connectivity index (χ0n) is 18.7. The summed E-state index contributed by atoms with van der Waals surface area (Å²) in [6.07, 6.45) is 4.24. The molecule has 0 unspecified atom stereocenters.